The fourth-order valence-corrected chi connectivity index (χ4v) is 9.03. The lowest BCUT2D eigenvalue weighted by molar-refractivity contribution is 0.670. The minimum absolute atomic E-state index is 0.689. The van der Waals surface area contributed by atoms with Crippen LogP contribution in [0.5, 0.6) is 0 Å². The number of benzene rings is 9. The average molecular weight is 807 g/mol. The van der Waals surface area contributed by atoms with Crippen LogP contribution in [0.1, 0.15) is 23.6 Å². The first kappa shape index (κ1) is 37.7. The van der Waals surface area contributed by atoms with Gasteiger partial charge in [-0.2, -0.15) is 0 Å². The highest BCUT2D eigenvalue weighted by molar-refractivity contribution is 6.25. The maximum absolute atomic E-state index is 7.02. The van der Waals surface area contributed by atoms with E-state index in [0.29, 0.717) is 5.70 Å². The molecular formula is C60H42N2O. The third kappa shape index (κ3) is 6.96. The minimum atomic E-state index is 0.689. The number of furan rings is 1. The quantitative estimate of drug-likeness (QED) is 0.134. The van der Waals surface area contributed by atoms with Gasteiger partial charge >= 0.3 is 0 Å². The molecule has 2 heterocycles. The number of aromatic nitrogens is 1. The molecule has 298 valence electrons. The molecule has 0 amide bonds. The number of rotatable bonds is 9. The smallest absolute Gasteiger partial charge is 0.143 e. The Labute approximate surface area is 366 Å². The first-order valence-corrected chi connectivity index (χ1v) is 21.4. The second kappa shape index (κ2) is 16.0. The van der Waals surface area contributed by atoms with Crippen LogP contribution in [-0.4, -0.2) is 10.3 Å². The predicted molar refractivity (Wildman–Crippen MR) is 266 cm³/mol. The largest absolute Gasteiger partial charge is 0.455 e. The summed E-state index contributed by atoms with van der Waals surface area (Å²) in [6.07, 6.45) is 2.18. The van der Waals surface area contributed by atoms with Crippen LogP contribution in [0.4, 0.5) is 0 Å². The number of allylic oxidation sites excluding steroid dienone is 2. The standard InChI is InChI=1S/C60H42N2O/c1-40(42-19-7-3-8-20-42)35-55(61-41(2)43-21-9-4-10-22-43)51-30-18-32-58-59(51)54-39-48(38-52(60(54)63-58)47-26-17-25-45(36-47)44-23-11-5-12-24-44)46-33-34-57-53(37-46)50-29-15-16-31-56(50)62(57)49-27-13-6-14-28-49/h3-39H,2H2,1H3/b40-35+,61-55+. The van der Waals surface area contributed by atoms with Gasteiger partial charge in [0.1, 0.15) is 11.2 Å². The molecule has 3 heteroatoms. The van der Waals surface area contributed by atoms with Crippen molar-refractivity contribution in [3.63, 3.8) is 0 Å². The fraction of sp³-hybridized carbons (Fsp3) is 0.0167. The Kier molecular flexibility index (Phi) is 9.56. The van der Waals surface area contributed by atoms with E-state index in [0.717, 1.165) is 83.4 Å². The first-order valence-electron chi connectivity index (χ1n) is 21.4. The molecule has 11 rings (SSSR count). The van der Waals surface area contributed by atoms with Crippen molar-refractivity contribution in [1.82, 2.24) is 4.57 Å². The minimum Gasteiger partial charge on any atom is -0.455 e. The highest BCUT2D eigenvalue weighted by Gasteiger charge is 2.21. The van der Waals surface area contributed by atoms with Gasteiger partial charge in [-0.05, 0) is 112 Å². The maximum atomic E-state index is 7.02. The number of hydrogen-bond acceptors (Lipinski definition) is 2. The van der Waals surface area contributed by atoms with Crippen LogP contribution in [0.2, 0.25) is 0 Å². The zero-order chi connectivity index (χ0) is 42.3. The normalized spacial score (nSPS) is 12.1. The van der Waals surface area contributed by atoms with E-state index in [2.05, 4.69) is 218 Å². The number of hydrogen-bond donors (Lipinski definition) is 0. The van der Waals surface area contributed by atoms with E-state index in [1.807, 2.05) is 24.3 Å². The van der Waals surface area contributed by atoms with Crippen LogP contribution >= 0.6 is 0 Å². The van der Waals surface area contributed by atoms with Crippen LogP contribution in [0.3, 0.4) is 0 Å². The zero-order valence-corrected chi connectivity index (χ0v) is 34.9. The molecule has 0 saturated heterocycles. The van der Waals surface area contributed by atoms with Gasteiger partial charge in [-0.1, -0.05) is 170 Å². The summed E-state index contributed by atoms with van der Waals surface area (Å²) in [5.41, 5.74) is 17.4. The number of para-hydroxylation sites is 2. The Hall–Kier alpha value is -8.27. The van der Waals surface area contributed by atoms with Crippen LogP contribution in [-0.2, 0) is 0 Å². The predicted octanol–water partition coefficient (Wildman–Crippen LogP) is 16.2. The van der Waals surface area contributed by atoms with E-state index in [1.54, 1.807) is 0 Å². The van der Waals surface area contributed by atoms with E-state index >= 15 is 0 Å². The molecule has 0 spiro atoms. The number of nitrogens with zero attached hydrogens (tertiary/aromatic N) is 2. The molecular weight excluding hydrogens is 765 g/mol. The average Bonchev–Trinajstić information content (AvgIpc) is 3.90. The van der Waals surface area contributed by atoms with Crippen LogP contribution < -0.4 is 0 Å². The molecule has 63 heavy (non-hydrogen) atoms. The molecule has 0 aliphatic heterocycles. The Bertz CT molecular complexity index is 3560. The van der Waals surface area contributed by atoms with Crippen molar-refractivity contribution >= 4 is 60.7 Å². The Morgan fingerprint density at radius 1 is 0.492 bits per heavy atom. The maximum Gasteiger partial charge on any atom is 0.143 e. The van der Waals surface area contributed by atoms with E-state index < -0.39 is 0 Å². The lowest BCUT2D eigenvalue weighted by Gasteiger charge is -2.12. The molecule has 0 radical (unpaired) electrons. The van der Waals surface area contributed by atoms with Crippen LogP contribution in [0.25, 0.3) is 94.1 Å². The molecule has 0 fully saturated rings. The monoisotopic (exact) mass is 806 g/mol. The van der Waals surface area contributed by atoms with E-state index in [4.69, 9.17) is 9.41 Å². The Balaban J connectivity index is 1.18. The second-order valence-corrected chi connectivity index (χ2v) is 16.1. The Morgan fingerprint density at radius 3 is 1.87 bits per heavy atom. The molecule has 0 aliphatic carbocycles. The van der Waals surface area contributed by atoms with Gasteiger partial charge in [0.05, 0.1) is 22.4 Å². The van der Waals surface area contributed by atoms with Gasteiger partial charge in [-0.25, -0.2) is 4.99 Å². The van der Waals surface area contributed by atoms with Gasteiger partial charge in [-0.3, -0.25) is 0 Å². The summed E-state index contributed by atoms with van der Waals surface area (Å²) in [5.74, 6) is 0. The van der Waals surface area contributed by atoms with Gasteiger partial charge in [0.2, 0.25) is 0 Å². The van der Waals surface area contributed by atoms with Crippen LogP contribution in [0, 0.1) is 0 Å². The van der Waals surface area contributed by atoms with Gasteiger partial charge in [-0.15, -0.1) is 0 Å². The van der Waals surface area contributed by atoms with Crippen molar-refractivity contribution < 1.29 is 4.42 Å². The lowest BCUT2D eigenvalue weighted by atomic mass is 9.92. The number of fused-ring (bicyclic) bond motifs is 6. The van der Waals surface area contributed by atoms with Crippen molar-refractivity contribution in [3.8, 4) is 39.1 Å². The van der Waals surface area contributed by atoms with Gasteiger partial charge in [0.15, 0.2) is 0 Å². The highest BCUT2D eigenvalue weighted by atomic mass is 16.3. The Morgan fingerprint density at radius 2 is 1.10 bits per heavy atom. The molecule has 0 aliphatic rings. The first-order chi connectivity index (χ1) is 31.1. The number of aliphatic imine (C=N–C) groups is 1. The van der Waals surface area contributed by atoms with Gasteiger partial charge in [0.25, 0.3) is 0 Å². The summed E-state index contributed by atoms with van der Waals surface area (Å²) in [7, 11) is 0. The topological polar surface area (TPSA) is 30.4 Å². The summed E-state index contributed by atoms with van der Waals surface area (Å²) in [5, 5.41) is 4.45. The van der Waals surface area contributed by atoms with Crippen molar-refractivity contribution in [2.75, 3.05) is 0 Å². The van der Waals surface area contributed by atoms with E-state index in [9.17, 15) is 0 Å². The molecule has 0 bridgehead atoms. The summed E-state index contributed by atoms with van der Waals surface area (Å²) in [6.45, 7) is 6.61. The van der Waals surface area contributed by atoms with E-state index in [-0.39, 0.29) is 0 Å². The van der Waals surface area contributed by atoms with E-state index in [1.165, 1.54) is 27.4 Å². The summed E-state index contributed by atoms with van der Waals surface area (Å²) < 4.78 is 9.39. The molecule has 2 aromatic heterocycles. The molecule has 0 N–H and O–H groups in total. The lowest BCUT2D eigenvalue weighted by Crippen LogP contribution is -2.00. The third-order valence-corrected chi connectivity index (χ3v) is 12.1. The van der Waals surface area contributed by atoms with Crippen molar-refractivity contribution in [3.05, 3.63) is 248 Å². The van der Waals surface area contributed by atoms with Crippen molar-refractivity contribution in [2.24, 2.45) is 4.99 Å². The zero-order valence-electron chi connectivity index (χ0n) is 34.9. The van der Waals surface area contributed by atoms with Gasteiger partial charge in [0, 0.05) is 38.4 Å². The summed E-state index contributed by atoms with van der Waals surface area (Å²) >= 11 is 0. The molecule has 9 aromatic carbocycles. The fourth-order valence-electron chi connectivity index (χ4n) is 9.03. The van der Waals surface area contributed by atoms with Crippen LogP contribution in [0.15, 0.2) is 240 Å². The molecule has 11 aromatic rings. The molecule has 0 atom stereocenters. The molecule has 0 saturated carbocycles. The van der Waals surface area contributed by atoms with Crippen molar-refractivity contribution in [1.29, 1.82) is 0 Å². The highest BCUT2D eigenvalue weighted by Crippen LogP contribution is 2.43. The summed E-state index contributed by atoms with van der Waals surface area (Å²) in [6, 6.07) is 77.1. The third-order valence-electron chi connectivity index (χ3n) is 12.1. The molecule has 0 unspecified atom stereocenters. The summed E-state index contributed by atoms with van der Waals surface area (Å²) in [4.78, 5) is 5.32. The second-order valence-electron chi connectivity index (χ2n) is 16.1. The SMILES string of the molecule is C=C(/N=C(\C=C(/C)c1ccccc1)c1cccc2oc3c(-c4cccc(-c5ccccc5)c4)cc(-c4ccc5c(c4)c4ccccc4n5-c4ccccc4)cc3c12)c1ccccc1. The van der Waals surface area contributed by atoms with Gasteiger partial charge < -0.3 is 8.98 Å². The molecule has 3 nitrogen and oxygen atoms in total. The van der Waals surface area contributed by atoms with Crippen molar-refractivity contribution in [2.45, 2.75) is 6.92 Å².